The summed E-state index contributed by atoms with van der Waals surface area (Å²) in [6.07, 6.45) is 6.89. The largest absolute Gasteiger partial charge is 0.351 e. The molecule has 4 aliphatic carbocycles. The van der Waals surface area contributed by atoms with Crippen molar-refractivity contribution in [3.63, 3.8) is 0 Å². The third-order valence-corrected chi connectivity index (χ3v) is 9.62. The summed E-state index contributed by atoms with van der Waals surface area (Å²) in [6.45, 7) is 1.74. The minimum Gasteiger partial charge on any atom is -0.351 e. The van der Waals surface area contributed by atoms with E-state index in [0.29, 0.717) is 22.9 Å². The van der Waals surface area contributed by atoms with Crippen LogP contribution in [0, 0.1) is 23.7 Å². The van der Waals surface area contributed by atoms with Gasteiger partial charge in [0.2, 0.25) is 17.6 Å². The van der Waals surface area contributed by atoms with Gasteiger partial charge in [-0.3, -0.25) is 28.8 Å². The number of fused-ring (bicyclic) bond motifs is 1. The van der Waals surface area contributed by atoms with Crippen LogP contribution < -0.4 is 26.8 Å². The summed E-state index contributed by atoms with van der Waals surface area (Å²) in [4.78, 5) is 84.5. The van der Waals surface area contributed by atoms with Crippen LogP contribution in [-0.4, -0.2) is 62.6 Å². The van der Waals surface area contributed by atoms with Crippen LogP contribution in [0.4, 0.5) is 5.69 Å². The fourth-order valence-electron chi connectivity index (χ4n) is 7.73. The van der Waals surface area contributed by atoms with Gasteiger partial charge in [0.25, 0.3) is 17.4 Å². The van der Waals surface area contributed by atoms with Crippen LogP contribution >= 0.6 is 0 Å². The summed E-state index contributed by atoms with van der Waals surface area (Å²) >= 11 is 0. The number of nitrogens with one attached hydrogen (secondary N) is 5. The van der Waals surface area contributed by atoms with Crippen LogP contribution in [0.1, 0.15) is 62.5 Å². The molecule has 5 N–H and O–H groups in total. The molecule has 1 atom stereocenters. The van der Waals surface area contributed by atoms with Gasteiger partial charge in [0, 0.05) is 25.2 Å². The van der Waals surface area contributed by atoms with Gasteiger partial charge < -0.3 is 30.8 Å². The van der Waals surface area contributed by atoms with Gasteiger partial charge in [-0.15, -0.1) is 0 Å². The Morgan fingerprint density at radius 1 is 0.978 bits per heavy atom. The number of H-pyrrole nitrogens is 1. The number of carbonyl (C=O) groups excluding carboxylic acids is 5. The molecule has 4 aliphatic rings. The van der Waals surface area contributed by atoms with E-state index in [4.69, 9.17) is 0 Å². The second-order valence-corrected chi connectivity index (χ2v) is 12.8. The van der Waals surface area contributed by atoms with E-state index in [0.717, 1.165) is 37.5 Å². The molecule has 4 saturated carbocycles. The van der Waals surface area contributed by atoms with Crippen LogP contribution in [0.2, 0.25) is 0 Å². The second-order valence-electron chi connectivity index (χ2n) is 12.8. The predicted molar refractivity (Wildman–Crippen MR) is 169 cm³/mol. The summed E-state index contributed by atoms with van der Waals surface area (Å²) in [7, 11) is 0. The van der Waals surface area contributed by atoms with E-state index >= 15 is 0 Å². The first-order valence-corrected chi connectivity index (χ1v) is 16.0. The molecule has 4 amide bonds. The summed E-state index contributed by atoms with van der Waals surface area (Å²) in [5.74, 6) is -0.745. The third-order valence-electron chi connectivity index (χ3n) is 9.62. The summed E-state index contributed by atoms with van der Waals surface area (Å²) in [6, 6.07) is 8.83. The highest BCUT2D eigenvalue weighted by atomic mass is 16.2. The quantitative estimate of drug-likeness (QED) is 0.189. The normalized spacial score (nSPS) is 23.5. The molecule has 0 spiro atoms. The van der Waals surface area contributed by atoms with E-state index in [-0.39, 0.29) is 49.4 Å². The number of para-hydroxylation sites is 2. The van der Waals surface area contributed by atoms with E-state index in [1.165, 1.54) is 23.3 Å². The molecular weight excluding hydrogens is 590 g/mol. The lowest BCUT2D eigenvalue weighted by Gasteiger charge is -2.54. The van der Waals surface area contributed by atoms with Crippen molar-refractivity contribution in [2.75, 3.05) is 11.9 Å². The number of imidazole rings is 1. The molecule has 4 bridgehead atoms. The van der Waals surface area contributed by atoms with E-state index in [1.807, 2.05) is 0 Å². The van der Waals surface area contributed by atoms with Crippen LogP contribution in [0.15, 0.2) is 47.4 Å². The minimum absolute atomic E-state index is 0.0405. The van der Waals surface area contributed by atoms with Crippen LogP contribution in [0.25, 0.3) is 11.0 Å². The maximum Gasteiger partial charge on any atom is 0.287 e. The van der Waals surface area contributed by atoms with Crippen molar-refractivity contribution in [3.8, 4) is 0 Å². The van der Waals surface area contributed by atoms with Gasteiger partial charge in [-0.25, -0.2) is 4.98 Å². The Labute approximate surface area is 265 Å². The van der Waals surface area contributed by atoms with E-state index in [9.17, 15) is 28.8 Å². The van der Waals surface area contributed by atoms with Gasteiger partial charge in [-0.1, -0.05) is 12.1 Å². The molecule has 13 nitrogen and oxygen atoms in total. The van der Waals surface area contributed by atoms with Gasteiger partial charge in [0.05, 0.1) is 11.0 Å². The van der Waals surface area contributed by atoms with Crippen molar-refractivity contribution in [1.29, 1.82) is 0 Å². The SMILES string of the molecule is CCNC(=O)C(=O)CC[C@H](NC(=O)c1nc2ccccc2[nH]1)C(=O)Nc1cccn(CC(=O)NC2C3CC4CC(C3)CC2C4)c1=O. The highest BCUT2D eigenvalue weighted by Crippen LogP contribution is 2.53. The topological polar surface area (TPSA) is 184 Å². The predicted octanol–water partition coefficient (Wildman–Crippen LogP) is 1.89. The average Bonchev–Trinajstić information content (AvgIpc) is 3.47. The molecule has 1 aromatic carbocycles. The Hall–Kier alpha value is -4.81. The first-order chi connectivity index (χ1) is 22.2. The van der Waals surface area contributed by atoms with Crippen molar-refractivity contribution >= 4 is 46.1 Å². The molecule has 0 saturated heterocycles. The molecule has 0 aliphatic heterocycles. The lowest BCUT2D eigenvalue weighted by Crippen LogP contribution is -2.56. The lowest BCUT2D eigenvalue weighted by atomic mass is 9.54. The Balaban J connectivity index is 1.13. The molecule has 242 valence electrons. The van der Waals surface area contributed by atoms with E-state index < -0.39 is 35.1 Å². The molecular formula is C33H39N7O6. The fourth-order valence-corrected chi connectivity index (χ4v) is 7.73. The number of aromatic nitrogens is 3. The smallest absolute Gasteiger partial charge is 0.287 e. The van der Waals surface area contributed by atoms with Crippen LogP contribution in [-0.2, 0) is 25.7 Å². The number of pyridine rings is 1. The van der Waals surface area contributed by atoms with Crippen LogP contribution in [0.5, 0.6) is 0 Å². The highest BCUT2D eigenvalue weighted by Gasteiger charge is 2.48. The number of anilines is 1. The number of hydrogen-bond donors (Lipinski definition) is 5. The summed E-state index contributed by atoms with van der Waals surface area (Å²) in [5, 5.41) is 10.7. The molecule has 4 fully saturated rings. The number of benzene rings is 1. The fraction of sp³-hybridized carbons (Fsp3) is 0.485. The zero-order chi connectivity index (χ0) is 32.4. The highest BCUT2D eigenvalue weighted by molar-refractivity contribution is 6.36. The van der Waals surface area contributed by atoms with Gasteiger partial charge in [0.1, 0.15) is 18.3 Å². The molecule has 46 heavy (non-hydrogen) atoms. The monoisotopic (exact) mass is 629 g/mol. The number of ketones is 1. The zero-order valence-electron chi connectivity index (χ0n) is 25.7. The number of hydrogen-bond acceptors (Lipinski definition) is 7. The molecule has 3 aromatic rings. The first-order valence-electron chi connectivity index (χ1n) is 16.0. The average molecular weight is 630 g/mol. The van der Waals surface area contributed by atoms with Gasteiger partial charge >= 0.3 is 0 Å². The number of nitrogens with zero attached hydrogens (tertiary/aromatic N) is 2. The number of likely N-dealkylation sites (N-methyl/N-ethyl adjacent to an activating group) is 1. The Morgan fingerprint density at radius 2 is 1.70 bits per heavy atom. The molecule has 7 rings (SSSR count). The van der Waals surface area contributed by atoms with Crippen molar-refractivity contribution in [1.82, 2.24) is 30.5 Å². The van der Waals surface area contributed by atoms with E-state index in [1.54, 1.807) is 37.3 Å². The van der Waals surface area contributed by atoms with E-state index in [2.05, 4.69) is 31.2 Å². The van der Waals surface area contributed by atoms with Crippen molar-refractivity contribution in [3.05, 3.63) is 58.8 Å². The van der Waals surface area contributed by atoms with Gasteiger partial charge in [-0.2, -0.15) is 0 Å². The minimum atomic E-state index is -1.28. The van der Waals surface area contributed by atoms with Gasteiger partial charge in [-0.05, 0) is 93.4 Å². The summed E-state index contributed by atoms with van der Waals surface area (Å²) < 4.78 is 1.24. The number of carbonyl (C=O) groups is 5. The maximum absolute atomic E-state index is 13.5. The second kappa shape index (κ2) is 13.3. The summed E-state index contributed by atoms with van der Waals surface area (Å²) in [5.41, 5.74) is 0.499. The molecule has 0 unspecified atom stereocenters. The molecule has 2 aromatic heterocycles. The van der Waals surface area contributed by atoms with Crippen molar-refractivity contribution < 1.29 is 24.0 Å². The third kappa shape index (κ3) is 6.73. The number of rotatable bonds is 12. The van der Waals surface area contributed by atoms with Gasteiger partial charge in [0.15, 0.2) is 5.82 Å². The molecule has 13 heteroatoms. The Bertz CT molecular complexity index is 1670. The lowest BCUT2D eigenvalue weighted by molar-refractivity contribution is -0.138. The standard InChI is InChI=1S/C33H39N7O6/c1-2-34-31(44)26(41)10-9-24(37-32(45)29-35-22-6-3-4-7-23(22)36-29)30(43)38-25-8-5-11-40(33(25)46)17-27(42)39-28-20-13-18-12-19(15-20)16-21(28)14-18/h3-8,11,18-21,24,28H,2,9-10,12-17H2,1H3,(H,34,44)(H,35,36)(H,37,45)(H,38,43)(H,39,42)/t18?,19?,20?,21?,24-,28?/m0/s1. The number of Topliss-reactive ketones (excluding diaryl/α,β-unsaturated/α-hetero) is 1. The van der Waals surface area contributed by atoms with Crippen LogP contribution in [0.3, 0.4) is 0 Å². The Kier molecular flexibility index (Phi) is 9.00. The number of amides is 4. The first kappa shape index (κ1) is 31.2. The number of aromatic amines is 1. The Morgan fingerprint density at radius 3 is 2.39 bits per heavy atom. The molecule has 0 radical (unpaired) electrons. The maximum atomic E-state index is 13.5. The van der Waals surface area contributed by atoms with Crippen molar-refractivity contribution in [2.45, 2.75) is 70.5 Å². The zero-order valence-corrected chi connectivity index (χ0v) is 25.7. The van der Waals surface area contributed by atoms with Crippen molar-refractivity contribution in [2.24, 2.45) is 23.7 Å². The molecule has 2 heterocycles.